The van der Waals surface area contributed by atoms with Crippen LogP contribution in [0.1, 0.15) is 19.3 Å². The third-order valence-corrected chi connectivity index (χ3v) is 6.01. The van der Waals surface area contributed by atoms with E-state index in [4.69, 9.17) is 34.8 Å². The van der Waals surface area contributed by atoms with Crippen molar-refractivity contribution in [2.45, 2.75) is 24.5 Å². The standard InChI is InChI=1S/C15H14Cl3N3O2S/c16-8-5-10(18)11(6-9(8)17)19-13(22)7-12-14(23)20-15(24-12)21-3-1-2-4-21/h5-6,12H,1-4,7H2,(H,19,22)/t12-/m0/s1. The molecular weight excluding hydrogens is 393 g/mol. The molecule has 0 aromatic heterocycles. The smallest absolute Gasteiger partial charge is 0.262 e. The molecule has 2 amide bonds. The van der Waals surface area contributed by atoms with Crippen molar-refractivity contribution in [1.29, 1.82) is 0 Å². The van der Waals surface area contributed by atoms with E-state index in [0.717, 1.165) is 31.1 Å². The molecule has 0 spiro atoms. The highest BCUT2D eigenvalue weighted by molar-refractivity contribution is 8.15. The summed E-state index contributed by atoms with van der Waals surface area (Å²) in [5.41, 5.74) is 0.368. The zero-order valence-corrected chi connectivity index (χ0v) is 15.6. The van der Waals surface area contributed by atoms with Crippen molar-refractivity contribution in [2.24, 2.45) is 4.99 Å². The monoisotopic (exact) mass is 405 g/mol. The van der Waals surface area contributed by atoms with Gasteiger partial charge in [0.05, 0.1) is 20.8 Å². The van der Waals surface area contributed by atoms with Crippen LogP contribution in [0.3, 0.4) is 0 Å². The number of carbonyl (C=O) groups excluding carboxylic acids is 2. The average Bonchev–Trinajstić information content (AvgIpc) is 3.15. The molecule has 0 radical (unpaired) electrons. The minimum atomic E-state index is -0.498. The van der Waals surface area contributed by atoms with Gasteiger partial charge in [-0.15, -0.1) is 0 Å². The fourth-order valence-corrected chi connectivity index (χ4v) is 4.25. The van der Waals surface area contributed by atoms with Gasteiger partial charge in [-0.2, -0.15) is 4.99 Å². The Hall–Kier alpha value is -0.950. The van der Waals surface area contributed by atoms with Crippen LogP contribution in [0, 0.1) is 0 Å². The van der Waals surface area contributed by atoms with Crippen molar-refractivity contribution in [3.63, 3.8) is 0 Å². The van der Waals surface area contributed by atoms with Crippen LogP contribution in [0.25, 0.3) is 0 Å². The topological polar surface area (TPSA) is 61.8 Å². The lowest BCUT2D eigenvalue weighted by Gasteiger charge is -2.16. The summed E-state index contributed by atoms with van der Waals surface area (Å²) in [6.45, 7) is 1.83. The Bertz CT molecular complexity index is 720. The Morgan fingerprint density at radius 1 is 1.21 bits per heavy atom. The first-order valence-electron chi connectivity index (χ1n) is 7.42. The number of amidine groups is 1. The number of nitrogens with zero attached hydrogens (tertiary/aromatic N) is 2. The first-order chi connectivity index (χ1) is 11.4. The maximum absolute atomic E-state index is 12.2. The summed E-state index contributed by atoms with van der Waals surface area (Å²) in [7, 11) is 0. The fraction of sp³-hybridized carbons (Fsp3) is 0.400. The van der Waals surface area contributed by atoms with Gasteiger partial charge in [0.1, 0.15) is 5.25 Å². The number of carbonyl (C=O) groups is 2. The van der Waals surface area contributed by atoms with E-state index in [-0.39, 0.29) is 23.3 Å². The van der Waals surface area contributed by atoms with E-state index in [9.17, 15) is 9.59 Å². The SMILES string of the molecule is O=C(C[C@@H]1SC(N2CCCC2)=NC1=O)Nc1cc(Cl)c(Cl)cc1Cl. The molecule has 1 aromatic carbocycles. The maximum Gasteiger partial charge on any atom is 0.262 e. The zero-order chi connectivity index (χ0) is 17.3. The van der Waals surface area contributed by atoms with Crippen LogP contribution in [0.15, 0.2) is 17.1 Å². The van der Waals surface area contributed by atoms with Gasteiger partial charge in [-0.05, 0) is 25.0 Å². The number of hydrogen-bond donors (Lipinski definition) is 1. The summed E-state index contributed by atoms with van der Waals surface area (Å²) in [6, 6.07) is 2.95. The van der Waals surface area contributed by atoms with Crippen molar-refractivity contribution in [3.8, 4) is 0 Å². The van der Waals surface area contributed by atoms with Gasteiger partial charge < -0.3 is 10.2 Å². The molecular formula is C15H14Cl3N3O2S. The predicted octanol–water partition coefficient (Wildman–Crippen LogP) is 4.07. The van der Waals surface area contributed by atoms with E-state index in [1.165, 1.54) is 23.9 Å². The number of thioether (sulfide) groups is 1. The number of nitrogens with one attached hydrogen (secondary N) is 1. The molecule has 1 saturated heterocycles. The van der Waals surface area contributed by atoms with Crippen molar-refractivity contribution in [1.82, 2.24) is 4.90 Å². The number of amides is 2. The number of benzene rings is 1. The van der Waals surface area contributed by atoms with Crippen LogP contribution in [0.5, 0.6) is 0 Å². The highest BCUT2D eigenvalue weighted by Crippen LogP contribution is 2.33. The van der Waals surface area contributed by atoms with E-state index < -0.39 is 5.25 Å². The van der Waals surface area contributed by atoms with Crippen LogP contribution < -0.4 is 5.32 Å². The third kappa shape index (κ3) is 3.99. The van der Waals surface area contributed by atoms with Crippen LogP contribution in [-0.2, 0) is 9.59 Å². The van der Waals surface area contributed by atoms with E-state index in [0.29, 0.717) is 15.7 Å². The van der Waals surface area contributed by atoms with Crippen molar-refractivity contribution >= 4 is 69.2 Å². The Morgan fingerprint density at radius 2 is 1.88 bits per heavy atom. The molecule has 2 heterocycles. The van der Waals surface area contributed by atoms with Gasteiger partial charge in [-0.1, -0.05) is 46.6 Å². The van der Waals surface area contributed by atoms with Crippen LogP contribution in [0.4, 0.5) is 5.69 Å². The summed E-state index contributed by atoms with van der Waals surface area (Å²) in [5.74, 6) is -0.587. The van der Waals surface area contributed by atoms with Gasteiger partial charge in [0.25, 0.3) is 5.91 Å². The molecule has 9 heteroatoms. The average molecular weight is 407 g/mol. The number of hydrogen-bond acceptors (Lipinski definition) is 4. The van der Waals surface area contributed by atoms with E-state index in [1.807, 2.05) is 0 Å². The van der Waals surface area contributed by atoms with Crippen molar-refractivity contribution in [3.05, 3.63) is 27.2 Å². The summed E-state index contributed by atoms with van der Waals surface area (Å²) < 4.78 is 0. The number of likely N-dealkylation sites (tertiary alicyclic amines) is 1. The number of anilines is 1. The summed E-state index contributed by atoms with van der Waals surface area (Å²) >= 11 is 19.2. The minimum Gasteiger partial charge on any atom is -0.351 e. The highest BCUT2D eigenvalue weighted by Gasteiger charge is 2.33. The van der Waals surface area contributed by atoms with Crippen LogP contribution in [-0.4, -0.2) is 40.2 Å². The van der Waals surface area contributed by atoms with Crippen molar-refractivity contribution in [2.75, 3.05) is 18.4 Å². The number of aliphatic imine (C=N–C) groups is 1. The van der Waals surface area contributed by atoms with Crippen LogP contribution >= 0.6 is 46.6 Å². The molecule has 24 heavy (non-hydrogen) atoms. The molecule has 1 aromatic rings. The number of halogens is 3. The highest BCUT2D eigenvalue weighted by atomic mass is 35.5. The normalized spacial score (nSPS) is 20.5. The molecule has 0 bridgehead atoms. The largest absolute Gasteiger partial charge is 0.351 e. The molecule has 0 saturated carbocycles. The molecule has 3 rings (SSSR count). The Morgan fingerprint density at radius 3 is 2.58 bits per heavy atom. The Labute approximate surface area is 158 Å². The second-order valence-electron chi connectivity index (χ2n) is 5.53. The Balaban J connectivity index is 1.60. The molecule has 128 valence electrons. The first-order valence-corrected chi connectivity index (χ1v) is 9.44. The lowest BCUT2D eigenvalue weighted by Crippen LogP contribution is -2.25. The number of rotatable bonds is 3. The maximum atomic E-state index is 12.2. The van der Waals surface area contributed by atoms with Crippen LogP contribution in [0.2, 0.25) is 15.1 Å². The van der Waals surface area contributed by atoms with Gasteiger partial charge in [0.2, 0.25) is 5.91 Å². The fourth-order valence-electron chi connectivity index (χ4n) is 2.54. The quantitative estimate of drug-likeness (QED) is 0.769. The minimum absolute atomic E-state index is 0.0287. The van der Waals surface area contributed by atoms with Gasteiger partial charge in [-0.3, -0.25) is 9.59 Å². The first kappa shape index (κ1) is 17.9. The van der Waals surface area contributed by atoms with Gasteiger partial charge in [-0.25, -0.2) is 0 Å². The van der Waals surface area contributed by atoms with Gasteiger partial charge in [0.15, 0.2) is 5.17 Å². The third-order valence-electron chi connectivity index (χ3n) is 3.76. The molecule has 0 aliphatic carbocycles. The van der Waals surface area contributed by atoms with Crippen molar-refractivity contribution < 1.29 is 9.59 Å². The Kier molecular flexibility index (Phi) is 5.59. The summed E-state index contributed by atoms with van der Waals surface area (Å²) in [6.07, 6.45) is 2.24. The lowest BCUT2D eigenvalue weighted by atomic mass is 10.2. The second kappa shape index (κ2) is 7.52. The lowest BCUT2D eigenvalue weighted by molar-refractivity contribution is -0.121. The zero-order valence-electron chi connectivity index (χ0n) is 12.5. The van der Waals surface area contributed by atoms with E-state index in [2.05, 4.69) is 15.2 Å². The van der Waals surface area contributed by atoms with Gasteiger partial charge >= 0.3 is 0 Å². The molecule has 2 aliphatic heterocycles. The molecule has 5 nitrogen and oxygen atoms in total. The summed E-state index contributed by atoms with van der Waals surface area (Å²) in [4.78, 5) is 30.4. The molecule has 2 aliphatic rings. The second-order valence-corrected chi connectivity index (χ2v) is 7.92. The van der Waals surface area contributed by atoms with E-state index >= 15 is 0 Å². The molecule has 0 unspecified atom stereocenters. The predicted molar refractivity (Wildman–Crippen MR) is 99.3 cm³/mol. The molecule has 1 fully saturated rings. The van der Waals surface area contributed by atoms with Gasteiger partial charge in [0, 0.05) is 19.5 Å². The molecule has 1 atom stereocenters. The van der Waals surface area contributed by atoms with E-state index in [1.54, 1.807) is 0 Å². The summed E-state index contributed by atoms with van der Waals surface area (Å²) in [5, 5.41) is 3.79. The molecule has 1 N–H and O–H groups in total.